The molecule has 1 amide bonds. The number of rotatable bonds is 7. The van der Waals surface area contributed by atoms with E-state index in [0.29, 0.717) is 17.0 Å². The second-order valence-electron chi connectivity index (χ2n) is 6.64. The lowest BCUT2D eigenvalue weighted by Crippen LogP contribution is -2.40. The summed E-state index contributed by atoms with van der Waals surface area (Å²) in [5, 5.41) is 2.91. The van der Waals surface area contributed by atoms with Crippen LogP contribution in [0.25, 0.3) is 0 Å². The molecule has 0 radical (unpaired) electrons. The highest BCUT2D eigenvalue weighted by Gasteiger charge is 2.24. The zero-order valence-electron chi connectivity index (χ0n) is 15.8. The van der Waals surface area contributed by atoms with Gasteiger partial charge in [-0.2, -0.15) is 0 Å². The van der Waals surface area contributed by atoms with Gasteiger partial charge in [-0.25, -0.2) is 8.42 Å². The molecule has 1 aliphatic rings. The van der Waals surface area contributed by atoms with Gasteiger partial charge in [0.2, 0.25) is 0 Å². The second-order valence-corrected chi connectivity index (χ2v) is 8.33. The lowest BCUT2D eigenvalue weighted by Gasteiger charge is -2.20. The Labute approximate surface area is 165 Å². The minimum atomic E-state index is -3.81. The molecule has 3 rings (SSSR count). The fraction of sp³-hybridized carbons (Fsp3) is 0.350. The number of carbonyl (C=O) groups excluding carboxylic acids is 1. The summed E-state index contributed by atoms with van der Waals surface area (Å²) in [4.78, 5) is 12.5. The van der Waals surface area contributed by atoms with E-state index in [-0.39, 0.29) is 22.9 Å². The number of benzene rings is 2. The van der Waals surface area contributed by atoms with Gasteiger partial charge in [-0.05, 0) is 56.2 Å². The van der Waals surface area contributed by atoms with Crippen molar-refractivity contribution in [1.29, 1.82) is 0 Å². The van der Waals surface area contributed by atoms with Crippen molar-refractivity contribution >= 4 is 21.6 Å². The van der Waals surface area contributed by atoms with E-state index < -0.39 is 10.0 Å². The van der Waals surface area contributed by atoms with Gasteiger partial charge in [0, 0.05) is 12.2 Å². The maximum Gasteiger partial charge on any atom is 0.262 e. The van der Waals surface area contributed by atoms with Crippen molar-refractivity contribution < 1.29 is 22.7 Å². The van der Waals surface area contributed by atoms with Crippen LogP contribution in [0, 0.1) is 0 Å². The SMILES string of the molecule is COc1ccccc1NS(=O)(=O)c1ccc(C(=O)NC(C)C2CCCO2)cc1. The first kappa shape index (κ1) is 20.2. The summed E-state index contributed by atoms with van der Waals surface area (Å²) in [6.45, 7) is 2.63. The molecule has 0 aromatic heterocycles. The molecule has 0 spiro atoms. The van der Waals surface area contributed by atoms with Crippen LogP contribution >= 0.6 is 0 Å². The fourth-order valence-corrected chi connectivity index (χ4v) is 4.17. The maximum absolute atomic E-state index is 12.6. The number of ether oxygens (including phenoxy) is 2. The number of amides is 1. The summed E-state index contributed by atoms with van der Waals surface area (Å²) in [7, 11) is -2.34. The first-order valence-electron chi connectivity index (χ1n) is 9.09. The average Bonchev–Trinajstić information content (AvgIpc) is 3.23. The number of para-hydroxylation sites is 2. The van der Waals surface area contributed by atoms with E-state index in [4.69, 9.17) is 9.47 Å². The molecule has 0 saturated carbocycles. The predicted molar refractivity (Wildman–Crippen MR) is 106 cm³/mol. The van der Waals surface area contributed by atoms with Gasteiger partial charge in [0.25, 0.3) is 15.9 Å². The molecular weight excluding hydrogens is 380 g/mol. The Kier molecular flexibility index (Phi) is 6.21. The predicted octanol–water partition coefficient (Wildman–Crippen LogP) is 2.79. The maximum atomic E-state index is 12.6. The fourth-order valence-electron chi connectivity index (χ4n) is 3.10. The summed E-state index contributed by atoms with van der Waals surface area (Å²) in [6.07, 6.45) is 1.94. The summed E-state index contributed by atoms with van der Waals surface area (Å²) >= 11 is 0. The van der Waals surface area contributed by atoms with Crippen LogP contribution in [0.2, 0.25) is 0 Å². The highest BCUT2D eigenvalue weighted by Crippen LogP contribution is 2.26. The summed E-state index contributed by atoms with van der Waals surface area (Å²) < 4.78 is 38.5. The van der Waals surface area contributed by atoms with Gasteiger partial charge in [0.05, 0.1) is 29.8 Å². The van der Waals surface area contributed by atoms with Gasteiger partial charge in [-0.15, -0.1) is 0 Å². The minimum absolute atomic E-state index is 0.0219. The monoisotopic (exact) mass is 404 g/mol. The van der Waals surface area contributed by atoms with Crippen molar-refractivity contribution in [2.24, 2.45) is 0 Å². The van der Waals surface area contributed by atoms with Gasteiger partial charge in [0.1, 0.15) is 5.75 Å². The Morgan fingerprint density at radius 3 is 2.54 bits per heavy atom. The lowest BCUT2D eigenvalue weighted by atomic mass is 10.1. The zero-order chi connectivity index (χ0) is 20.1. The number of hydrogen-bond acceptors (Lipinski definition) is 5. The second kappa shape index (κ2) is 8.62. The first-order valence-corrected chi connectivity index (χ1v) is 10.6. The number of anilines is 1. The Bertz CT molecular complexity index is 922. The van der Waals surface area contributed by atoms with Crippen molar-refractivity contribution in [3.05, 3.63) is 54.1 Å². The molecule has 150 valence electrons. The van der Waals surface area contributed by atoms with Crippen molar-refractivity contribution in [2.45, 2.75) is 36.8 Å². The van der Waals surface area contributed by atoms with Crippen LogP contribution in [0.4, 0.5) is 5.69 Å². The number of carbonyl (C=O) groups is 1. The van der Waals surface area contributed by atoms with Crippen molar-refractivity contribution in [1.82, 2.24) is 5.32 Å². The van der Waals surface area contributed by atoms with E-state index in [2.05, 4.69) is 10.0 Å². The van der Waals surface area contributed by atoms with Crippen LogP contribution in [0.5, 0.6) is 5.75 Å². The zero-order valence-corrected chi connectivity index (χ0v) is 16.7. The molecule has 1 saturated heterocycles. The molecule has 0 bridgehead atoms. The normalized spacial score (nSPS) is 17.7. The van der Waals surface area contributed by atoms with Crippen LogP contribution in [0.1, 0.15) is 30.1 Å². The highest BCUT2D eigenvalue weighted by molar-refractivity contribution is 7.92. The smallest absolute Gasteiger partial charge is 0.262 e. The summed E-state index contributed by atoms with van der Waals surface area (Å²) in [5.41, 5.74) is 0.735. The highest BCUT2D eigenvalue weighted by atomic mass is 32.2. The first-order chi connectivity index (χ1) is 13.4. The van der Waals surface area contributed by atoms with Crippen LogP contribution in [-0.2, 0) is 14.8 Å². The molecule has 2 aromatic rings. The van der Waals surface area contributed by atoms with E-state index in [9.17, 15) is 13.2 Å². The third kappa shape index (κ3) is 4.63. The van der Waals surface area contributed by atoms with Crippen molar-refractivity contribution in [3.8, 4) is 5.75 Å². The van der Waals surface area contributed by atoms with Gasteiger partial charge in [0.15, 0.2) is 0 Å². The van der Waals surface area contributed by atoms with E-state index >= 15 is 0 Å². The molecule has 2 N–H and O–H groups in total. The van der Waals surface area contributed by atoms with Crippen molar-refractivity contribution in [2.75, 3.05) is 18.4 Å². The van der Waals surface area contributed by atoms with E-state index in [0.717, 1.165) is 19.4 Å². The molecule has 2 unspecified atom stereocenters. The van der Waals surface area contributed by atoms with Crippen LogP contribution in [0.3, 0.4) is 0 Å². The topological polar surface area (TPSA) is 93.7 Å². The molecular formula is C20H24N2O5S. The number of nitrogens with one attached hydrogen (secondary N) is 2. The van der Waals surface area contributed by atoms with Gasteiger partial charge in [-0.3, -0.25) is 9.52 Å². The van der Waals surface area contributed by atoms with Crippen LogP contribution < -0.4 is 14.8 Å². The molecule has 1 fully saturated rings. The lowest BCUT2D eigenvalue weighted by molar-refractivity contribution is 0.0712. The molecule has 2 atom stereocenters. The van der Waals surface area contributed by atoms with Crippen molar-refractivity contribution in [3.63, 3.8) is 0 Å². The Morgan fingerprint density at radius 2 is 1.89 bits per heavy atom. The summed E-state index contributed by atoms with van der Waals surface area (Å²) in [6, 6.07) is 12.4. The number of hydrogen-bond donors (Lipinski definition) is 2. The van der Waals surface area contributed by atoms with Gasteiger partial charge >= 0.3 is 0 Å². The van der Waals surface area contributed by atoms with Gasteiger partial charge < -0.3 is 14.8 Å². The van der Waals surface area contributed by atoms with E-state index in [1.165, 1.54) is 31.4 Å². The average molecular weight is 404 g/mol. The largest absolute Gasteiger partial charge is 0.495 e. The molecule has 8 heteroatoms. The van der Waals surface area contributed by atoms with Gasteiger partial charge in [-0.1, -0.05) is 12.1 Å². The molecule has 0 aliphatic carbocycles. The summed E-state index contributed by atoms with van der Waals surface area (Å²) in [5.74, 6) is 0.162. The van der Waals surface area contributed by atoms with E-state index in [1.807, 2.05) is 6.92 Å². The quantitative estimate of drug-likeness (QED) is 0.740. The minimum Gasteiger partial charge on any atom is -0.495 e. The molecule has 7 nitrogen and oxygen atoms in total. The molecule has 1 aliphatic heterocycles. The van der Waals surface area contributed by atoms with E-state index in [1.54, 1.807) is 24.3 Å². The number of methoxy groups -OCH3 is 1. The third-order valence-corrected chi connectivity index (χ3v) is 6.04. The third-order valence-electron chi connectivity index (χ3n) is 4.66. The molecule has 28 heavy (non-hydrogen) atoms. The Morgan fingerprint density at radius 1 is 1.18 bits per heavy atom. The molecule has 2 aromatic carbocycles. The number of sulfonamides is 1. The Balaban J connectivity index is 1.69. The standard InChI is InChI=1S/C20H24N2O5S/c1-14(18-8-5-13-27-18)21-20(23)15-9-11-16(12-10-15)28(24,25)22-17-6-3-4-7-19(17)26-2/h3-4,6-7,9-12,14,18,22H,5,8,13H2,1-2H3,(H,21,23). The van der Waals surface area contributed by atoms with Crippen LogP contribution in [0.15, 0.2) is 53.4 Å². The molecule has 1 heterocycles. The van der Waals surface area contributed by atoms with Crippen LogP contribution in [-0.4, -0.2) is 40.2 Å². The Hall–Kier alpha value is -2.58.